The molecule has 0 aromatic carbocycles. The van der Waals surface area contributed by atoms with Gasteiger partial charge >= 0.3 is 11.9 Å². The van der Waals surface area contributed by atoms with Crippen LogP contribution in [-0.2, 0) is 42.8 Å². The van der Waals surface area contributed by atoms with Gasteiger partial charge < -0.3 is 84.6 Å². The minimum atomic E-state index is -2.10. The van der Waals surface area contributed by atoms with Gasteiger partial charge in [-0.05, 0) is 99.2 Å². The summed E-state index contributed by atoms with van der Waals surface area (Å²) in [5.74, 6) is -2.88. The van der Waals surface area contributed by atoms with E-state index in [0.717, 1.165) is 12.8 Å². The third-order valence-corrected chi connectivity index (χ3v) is 19.6. The van der Waals surface area contributed by atoms with Crippen molar-refractivity contribution in [2.45, 2.75) is 204 Å². The van der Waals surface area contributed by atoms with Crippen LogP contribution in [0.3, 0.4) is 0 Å². The predicted molar refractivity (Wildman–Crippen MR) is 232 cm³/mol. The molecule has 20 nitrogen and oxygen atoms in total. The first-order chi connectivity index (χ1) is 31.7. The number of hydrogen-bond acceptors (Lipinski definition) is 18. The minimum absolute atomic E-state index is 0.00356. The fraction of sp³-hybridized carbons (Fsp3) is 0.896. The van der Waals surface area contributed by atoms with E-state index in [-0.39, 0.29) is 52.8 Å². The number of ether oxygens (including phenoxy) is 6. The van der Waals surface area contributed by atoms with Crippen LogP contribution in [0.2, 0.25) is 0 Å². The maximum Gasteiger partial charge on any atom is 0.335 e. The number of aliphatic hydroxyl groups is 9. The molecule has 386 valence electrons. The molecule has 3 heterocycles. The third-order valence-electron chi connectivity index (χ3n) is 19.6. The van der Waals surface area contributed by atoms with Crippen molar-refractivity contribution in [1.82, 2.24) is 0 Å². The average Bonchev–Trinajstić information content (AvgIpc) is 3.28. The fourth-order valence-corrected chi connectivity index (χ4v) is 14.9. The number of carbonyl (C=O) groups excluding carboxylic acids is 1. The standard InChI is InChI=1S/C48H74O20/c1-20-28(52)30(54)34(58)39(63-20)67-36-31(55)29(53)23(18-49)64-40(36)68-37-33(57)32(56)35(38(59)60)66-41(37)65-27-11-12-45(4)24(46(27,5)19-50)10-13-48(7)25(45)9-8-21-22-16-43(2,42(61)62)17-26(51)44(22,3)14-15-47(21,48)6/h8,20,22-25,27-37,39-41,49-50,52-58H,9-19H2,1-7H3,(H,59,60)(H,61,62)/t20-,22-,23+,24+,25+,27-,28-,29+,30+,31-,32-,33-,34+,35-,36+,37+,39-,40-,41+,43-,44+,45-,46+,47+,48+/m0/s1. The van der Waals surface area contributed by atoms with Crippen LogP contribution in [-0.4, -0.2) is 185 Å². The van der Waals surface area contributed by atoms with E-state index >= 15 is 0 Å². The molecule has 11 N–H and O–H groups in total. The number of aliphatic carboxylic acids is 2. The molecule has 0 aromatic heterocycles. The molecule has 0 spiro atoms. The van der Waals surface area contributed by atoms with E-state index < -0.39 is 133 Å². The van der Waals surface area contributed by atoms with Crippen LogP contribution in [0.25, 0.3) is 0 Å². The summed E-state index contributed by atoms with van der Waals surface area (Å²) in [6, 6.07) is 0. The molecule has 20 heteroatoms. The molecule has 0 radical (unpaired) electrons. The number of carboxylic acids is 2. The lowest BCUT2D eigenvalue weighted by atomic mass is 9.33. The van der Waals surface area contributed by atoms with Crippen molar-refractivity contribution in [2.24, 2.45) is 50.2 Å². The van der Waals surface area contributed by atoms with E-state index in [1.54, 1.807) is 6.92 Å². The fourth-order valence-electron chi connectivity index (χ4n) is 14.9. The smallest absolute Gasteiger partial charge is 0.335 e. The van der Waals surface area contributed by atoms with Crippen LogP contribution in [0.1, 0.15) is 106 Å². The number of Topliss-reactive ketones (excluding diaryl/α,β-unsaturated/α-hetero) is 1. The van der Waals surface area contributed by atoms with Crippen molar-refractivity contribution in [3.05, 3.63) is 11.6 Å². The topological polar surface area (TPSA) is 329 Å². The lowest BCUT2D eigenvalue weighted by Crippen LogP contribution is -2.68. The summed E-state index contributed by atoms with van der Waals surface area (Å²) in [4.78, 5) is 38.9. The second kappa shape index (κ2) is 18.0. The first-order valence-corrected chi connectivity index (χ1v) is 24.3. The summed E-state index contributed by atoms with van der Waals surface area (Å²) in [7, 11) is 0. The Morgan fingerprint density at radius 2 is 1.34 bits per heavy atom. The summed E-state index contributed by atoms with van der Waals surface area (Å²) in [5, 5.41) is 118. The second-order valence-electron chi connectivity index (χ2n) is 23.1. The first-order valence-electron chi connectivity index (χ1n) is 24.3. The van der Waals surface area contributed by atoms with Crippen molar-refractivity contribution < 1.29 is 99.0 Å². The molecule has 0 aromatic rings. The maximum atomic E-state index is 13.8. The van der Waals surface area contributed by atoms with Crippen LogP contribution in [0.5, 0.6) is 0 Å². The zero-order valence-corrected chi connectivity index (χ0v) is 39.9. The Balaban J connectivity index is 1.08. The summed E-state index contributed by atoms with van der Waals surface area (Å²) >= 11 is 0. The quantitative estimate of drug-likeness (QED) is 0.101. The molecule has 0 unspecified atom stereocenters. The van der Waals surface area contributed by atoms with Crippen molar-refractivity contribution in [1.29, 1.82) is 0 Å². The molecule has 8 aliphatic rings. The van der Waals surface area contributed by atoms with Crippen LogP contribution < -0.4 is 0 Å². The highest BCUT2D eigenvalue weighted by Crippen LogP contribution is 2.75. The van der Waals surface area contributed by atoms with Gasteiger partial charge in [0.15, 0.2) is 25.0 Å². The molecule has 0 amide bonds. The van der Waals surface area contributed by atoms with Gasteiger partial charge in [-0.2, -0.15) is 0 Å². The number of hydrogen-bond donors (Lipinski definition) is 11. The van der Waals surface area contributed by atoms with E-state index in [9.17, 15) is 70.6 Å². The van der Waals surface area contributed by atoms with Gasteiger partial charge in [-0.3, -0.25) is 9.59 Å². The number of rotatable bonds is 10. The highest BCUT2D eigenvalue weighted by molar-refractivity contribution is 5.92. The van der Waals surface area contributed by atoms with Gasteiger partial charge in [0.25, 0.3) is 0 Å². The van der Waals surface area contributed by atoms with Crippen molar-refractivity contribution >= 4 is 17.7 Å². The van der Waals surface area contributed by atoms with E-state index in [1.165, 1.54) is 12.5 Å². The Morgan fingerprint density at radius 3 is 1.96 bits per heavy atom. The van der Waals surface area contributed by atoms with Crippen molar-refractivity contribution in [3.63, 3.8) is 0 Å². The Labute approximate surface area is 395 Å². The van der Waals surface area contributed by atoms with Crippen LogP contribution in [0, 0.1) is 50.2 Å². The van der Waals surface area contributed by atoms with Gasteiger partial charge in [0.2, 0.25) is 0 Å². The first kappa shape index (κ1) is 52.1. The molecule has 3 saturated heterocycles. The number of fused-ring (bicyclic) bond motifs is 7. The number of carbonyl (C=O) groups is 3. The second-order valence-corrected chi connectivity index (χ2v) is 23.1. The monoisotopic (exact) mass is 970 g/mol. The van der Waals surface area contributed by atoms with Gasteiger partial charge in [0, 0.05) is 17.3 Å². The molecule has 8 rings (SSSR count). The van der Waals surface area contributed by atoms with Crippen LogP contribution >= 0.6 is 0 Å². The summed E-state index contributed by atoms with van der Waals surface area (Å²) in [6.45, 7) is 12.6. The minimum Gasteiger partial charge on any atom is -0.481 e. The predicted octanol–water partition coefficient (Wildman–Crippen LogP) is -0.0225. The van der Waals surface area contributed by atoms with Crippen molar-refractivity contribution in [3.8, 4) is 0 Å². The lowest BCUT2D eigenvalue weighted by Gasteiger charge is -2.71. The Morgan fingerprint density at radius 1 is 0.706 bits per heavy atom. The van der Waals surface area contributed by atoms with Gasteiger partial charge in [-0.25, -0.2) is 4.79 Å². The molecule has 5 aliphatic carbocycles. The Kier molecular flexibility index (Phi) is 13.8. The van der Waals surface area contributed by atoms with Gasteiger partial charge in [-0.15, -0.1) is 0 Å². The normalized spacial score (nSPS) is 54.9. The van der Waals surface area contributed by atoms with Crippen LogP contribution in [0.15, 0.2) is 11.6 Å². The summed E-state index contributed by atoms with van der Waals surface area (Å²) in [6.07, 6.45) is -20.5. The van der Waals surface area contributed by atoms with Crippen LogP contribution in [0.4, 0.5) is 0 Å². The number of ketones is 1. The van der Waals surface area contributed by atoms with E-state index in [4.69, 9.17) is 28.4 Å². The van der Waals surface area contributed by atoms with E-state index in [1.807, 2.05) is 13.8 Å². The molecular weight excluding hydrogens is 897 g/mol. The molecule has 25 atom stereocenters. The molecular formula is C48H74O20. The zero-order valence-electron chi connectivity index (χ0n) is 39.9. The average molecular weight is 971 g/mol. The largest absolute Gasteiger partial charge is 0.481 e. The van der Waals surface area contributed by atoms with Gasteiger partial charge in [-0.1, -0.05) is 46.3 Å². The molecule has 3 aliphatic heterocycles. The lowest BCUT2D eigenvalue weighted by molar-refractivity contribution is -0.396. The SMILES string of the molecule is C[C@@H]1O[C@@H](O[C@H]2[C@H](O[C@H]3[C@H](O[C@H]4CC[C@@]5(C)[C@@H](CC[C@]6(C)[C@@H]5CC=C5[C@@H]7C[C@](C)(C(=O)O)CC(=O)[C@]7(C)CC[C@]56C)[C@@]4(C)CO)O[C@H](C(=O)O)[C@@H](O)[C@@H]3O)O[C@H](CO)[C@@H](O)[C@@H]2O)[C@H](O)[C@H](O)[C@H]1O. The number of carboxylic acid groups (broad SMARTS) is 2. The number of allylic oxidation sites excluding steroid dienone is 2. The summed E-state index contributed by atoms with van der Waals surface area (Å²) < 4.78 is 36.1. The Hall–Kier alpha value is -2.25. The maximum absolute atomic E-state index is 13.8. The Bertz CT molecular complexity index is 1970. The van der Waals surface area contributed by atoms with Gasteiger partial charge in [0.05, 0.1) is 30.8 Å². The highest BCUT2D eigenvalue weighted by atomic mass is 16.8. The molecule has 7 fully saturated rings. The molecule has 0 bridgehead atoms. The van der Waals surface area contributed by atoms with E-state index in [2.05, 4.69) is 26.8 Å². The highest BCUT2D eigenvalue weighted by Gasteiger charge is 2.70. The summed E-state index contributed by atoms with van der Waals surface area (Å²) in [5.41, 5.74) is -2.66. The zero-order chi connectivity index (χ0) is 50.0. The third kappa shape index (κ3) is 7.77. The molecule has 4 saturated carbocycles. The van der Waals surface area contributed by atoms with E-state index in [0.29, 0.717) is 38.5 Å². The van der Waals surface area contributed by atoms with Crippen molar-refractivity contribution in [2.75, 3.05) is 13.2 Å². The number of aliphatic hydroxyl groups excluding tert-OH is 9. The van der Waals surface area contributed by atoms with Gasteiger partial charge in [0.1, 0.15) is 66.8 Å². The molecule has 68 heavy (non-hydrogen) atoms.